The van der Waals surface area contributed by atoms with Gasteiger partial charge in [0.25, 0.3) is 0 Å². The van der Waals surface area contributed by atoms with Crippen molar-refractivity contribution in [1.29, 1.82) is 0 Å². The van der Waals surface area contributed by atoms with Crippen molar-refractivity contribution in [3.05, 3.63) is 52.2 Å². The van der Waals surface area contributed by atoms with Gasteiger partial charge in [-0.3, -0.25) is 4.79 Å². The molecule has 1 aliphatic carbocycles. The Morgan fingerprint density at radius 1 is 1.24 bits per heavy atom. The quantitative estimate of drug-likeness (QED) is 0.619. The number of aliphatic hydroxyl groups is 1. The standard InChI is InChI=1S/C25H33ClFN5O2/c1-15(2)12-28-13-18(17-4-5-19(26)20(27)11-17)25(34)32-8-6-31(7-9-32)24-22-16(3)10-21(33)23(22)29-14-30-24/h4-5,11,14-16,18,21,28,33H,6-10,12-13H2,1-3H3/t16-,18-,21-/m1/s1. The van der Waals surface area contributed by atoms with E-state index in [0.29, 0.717) is 50.6 Å². The molecule has 1 amide bonds. The topological polar surface area (TPSA) is 81.6 Å². The van der Waals surface area contributed by atoms with Crippen LogP contribution < -0.4 is 10.2 Å². The predicted molar refractivity (Wildman–Crippen MR) is 131 cm³/mol. The summed E-state index contributed by atoms with van der Waals surface area (Å²) in [7, 11) is 0. The molecule has 1 saturated heterocycles. The zero-order valence-corrected chi connectivity index (χ0v) is 20.7. The Labute approximate surface area is 205 Å². The lowest BCUT2D eigenvalue weighted by atomic mass is 9.96. The van der Waals surface area contributed by atoms with Crippen LogP contribution in [0, 0.1) is 11.7 Å². The van der Waals surface area contributed by atoms with E-state index >= 15 is 0 Å². The van der Waals surface area contributed by atoms with Crippen LogP contribution in [-0.2, 0) is 4.79 Å². The van der Waals surface area contributed by atoms with E-state index in [1.54, 1.807) is 6.07 Å². The lowest BCUT2D eigenvalue weighted by Gasteiger charge is -2.38. The molecule has 0 unspecified atom stereocenters. The Morgan fingerprint density at radius 2 is 1.97 bits per heavy atom. The number of halogens is 2. The number of rotatable bonds is 7. The molecule has 0 radical (unpaired) electrons. The Kier molecular flexibility index (Phi) is 7.70. The first-order valence-corrected chi connectivity index (χ1v) is 12.4. The van der Waals surface area contributed by atoms with Gasteiger partial charge in [0, 0.05) is 38.3 Å². The Hall–Kier alpha value is -2.29. The molecular formula is C25H33ClFN5O2. The molecule has 0 bridgehead atoms. The normalized spacial score (nSPS) is 21.1. The van der Waals surface area contributed by atoms with Crippen molar-refractivity contribution in [1.82, 2.24) is 20.2 Å². The van der Waals surface area contributed by atoms with Crippen molar-refractivity contribution >= 4 is 23.3 Å². The van der Waals surface area contributed by atoms with Crippen LogP contribution in [0.1, 0.15) is 62.0 Å². The van der Waals surface area contributed by atoms with Gasteiger partial charge in [0.1, 0.15) is 18.0 Å². The van der Waals surface area contributed by atoms with E-state index in [1.807, 2.05) is 4.90 Å². The number of anilines is 1. The van der Waals surface area contributed by atoms with Crippen molar-refractivity contribution in [3.8, 4) is 0 Å². The van der Waals surface area contributed by atoms with Crippen molar-refractivity contribution in [2.24, 2.45) is 5.92 Å². The van der Waals surface area contributed by atoms with Crippen molar-refractivity contribution in [2.45, 2.75) is 45.1 Å². The number of fused-ring (bicyclic) bond motifs is 1. The zero-order chi connectivity index (χ0) is 24.4. The van der Waals surface area contributed by atoms with E-state index in [0.717, 1.165) is 23.6 Å². The van der Waals surface area contributed by atoms with Gasteiger partial charge < -0.3 is 20.2 Å². The summed E-state index contributed by atoms with van der Waals surface area (Å²) in [6.07, 6.45) is 1.62. The van der Waals surface area contributed by atoms with Gasteiger partial charge in [-0.15, -0.1) is 0 Å². The first kappa shape index (κ1) is 24.8. The lowest BCUT2D eigenvalue weighted by molar-refractivity contribution is -0.133. The van der Waals surface area contributed by atoms with Gasteiger partial charge in [-0.25, -0.2) is 14.4 Å². The Morgan fingerprint density at radius 3 is 2.65 bits per heavy atom. The minimum Gasteiger partial charge on any atom is -0.387 e. The van der Waals surface area contributed by atoms with Crippen LogP contribution in [0.4, 0.5) is 10.2 Å². The molecule has 2 aromatic rings. The van der Waals surface area contributed by atoms with Crippen LogP contribution in [0.3, 0.4) is 0 Å². The molecule has 184 valence electrons. The molecule has 34 heavy (non-hydrogen) atoms. The molecule has 7 nitrogen and oxygen atoms in total. The minimum atomic E-state index is -0.548. The summed E-state index contributed by atoms with van der Waals surface area (Å²) in [5.41, 5.74) is 2.36. The number of hydrogen-bond acceptors (Lipinski definition) is 6. The highest BCUT2D eigenvalue weighted by Gasteiger charge is 2.35. The van der Waals surface area contributed by atoms with E-state index < -0.39 is 17.8 Å². The van der Waals surface area contributed by atoms with Crippen LogP contribution >= 0.6 is 11.6 Å². The summed E-state index contributed by atoms with van der Waals surface area (Å²) in [5, 5.41) is 13.7. The number of nitrogens with one attached hydrogen (secondary N) is 1. The Bertz CT molecular complexity index is 1030. The highest BCUT2D eigenvalue weighted by molar-refractivity contribution is 6.30. The first-order chi connectivity index (χ1) is 16.3. The number of aliphatic hydroxyl groups excluding tert-OH is 1. The molecule has 1 aliphatic heterocycles. The maximum Gasteiger partial charge on any atom is 0.231 e. The molecular weight excluding hydrogens is 457 g/mol. The van der Waals surface area contributed by atoms with Gasteiger partial charge >= 0.3 is 0 Å². The van der Waals surface area contributed by atoms with Crippen LogP contribution in [0.5, 0.6) is 0 Å². The van der Waals surface area contributed by atoms with E-state index in [4.69, 9.17) is 11.6 Å². The monoisotopic (exact) mass is 489 g/mol. The molecule has 0 spiro atoms. The number of carbonyl (C=O) groups is 1. The lowest BCUT2D eigenvalue weighted by Crippen LogP contribution is -2.51. The maximum absolute atomic E-state index is 14.2. The van der Waals surface area contributed by atoms with Crippen LogP contribution in [0.15, 0.2) is 24.5 Å². The molecule has 2 aliphatic rings. The predicted octanol–water partition coefficient (Wildman–Crippen LogP) is 3.49. The van der Waals surface area contributed by atoms with Gasteiger partial charge in [0.05, 0.1) is 22.7 Å². The number of carbonyl (C=O) groups excluding carboxylic acids is 1. The summed E-state index contributed by atoms with van der Waals surface area (Å²) < 4.78 is 14.2. The summed E-state index contributed by atoms with van der Waals surface area (Å²) in [4.78, 5) is 26.4. The maximum atomic E-state index is 14.2. The van der Waals surface area contributed by atoms with Gasteiger partial charge in [-0.1, -0.05) is 38.4 Å². The molecule has 1 aromatic carbocycles. The fourth-order valence-corrected chi connectivity index (χ4v) is 5.02. The Balaban J connectivity index is 1.47. The third-order valence-corrected chi connectivity index (χ3v) is 7.02. The SMILES string of the molecule is CC(C)CNC[C@@H](C(=O)N1CCN(c2ncnc3c2[C@H](C)C[C@H]3O)CC1)c1ccc(Cl)c(F)c1. The van der Waals surface area contributed by atoms with E-state index in [1.165, 1.54) is 18.5 Å². The fourth-order valence-electron chi connectivity index (χ4n) is 4.91. The van der Waals surface area contributed by atoms with Gasteiger partial charge in [0.2, 0.25) is 5.91 Å². The summed E-state index contributed by atoms with van der Waals surface area (Å²) in [6, 6.07) is 4.62. The number of nitrogens with zero attached hydrogens (tertiary/aromatic N) is 4. The second-order valence-electron chi connectivity index (χ2n) is 9.74. The molecule has 1 fully saturated rings. The largest absolute Gasteiger partial charge is 0.387 e. The summed E-state index contributed by atoms with van der Waals surface area (Å²) >= 11 is 5.88. The fraction of sp³-hybridized carbons (Fsp3) is 0.560. The van der Waals surface area contributed by atoms with E-state index in [2.05, 4.69) is 41.0 Å². The molecule has 4 rings (SSSR count). The van der Waals surface area contributed by atoms with Gasteiger partial charge in [-0.05, 0) is 42.5 Å². The number of piperazine rings is 1. The third kappa shape index (κ3) is 5.19. The summed E-state index contributed by atoms with van der Waals surface area (Å²) in [6.45, 7) is 9.88. The minimum absolute atomic E-state index is 0.0191. The average molecular weight is 490 g/mol. The third-order valence-electron chi connectivity index (χ3n) is 6.71. The van der Waals surface area contributed by atoms with Crippen LogP contribution in [0.2, 0.25) is 5.02 Å². The molecule has 1 aromatic heterocycles. The number of hydrogen-bond donors (Lipinski definition) is 2. The van der Waals surface area contributed by atoms with Crippen molar-refractivity contribution in [3.63, 3.8) is 0 Å². The second-order valence-corrected chi connectivity index (χ2v) is 10.1. The van der Waals surface area contributed by atoms with Crippen molar-refractivity contribution < 1.29 is 14.3 Å². The molecule has 0 saturated carbocycles. The molecule has 2 heterocycles. The van der Waals surface area contributed by atoms with Crippen LogP contribution in [0.25, 0.3) is 0 Å². The molecule has 9 heteroatoms. The zero-order valence-electron chi connectivity index (χ0n) is 20.0. The highest BCUT2D eigenvalue weighted by atomic mass is 35.5. The van der Waals surface area contributed by atoms with Gasteiger partial charge in [0.15, 0.2) is 0 Å². The van der Waals surface area contributed by atoms with E-state index in [-0.39, 0.29) is 16.8 Å². The smallest absolute Gasteiger partial charge is 0.231 e. The van der Waals surface area contributed by atoms with Crippen molar-refractivity contribution in [2.75, 3.05) is 44.2 Å². The number of benzene rings is 1. The molecule has 3 atom stereocenters. The summed E-state index contributed by atoms with van der Waals surface area (Å²) in [5.74, 6) is 0.467. The first-order valence-electron chi connectivity index (χ1n) is 12.0. The average Bonchev–Trinajstić information content (AvgIpc) is 3.12. The second kappa shape index (κ2) is 10.5. The number of aromatic nitrogens is 2. The number of amides is 1. The molecule has 2 N–H and O–H groups in total. The van der Waals surface area contributed by atoms with E-state index in [9.17, 15) is 14.3 Å². The van der Waals surface area contributed by atoms with Crippen LogP contribution in [-0.4, -0.2) is 65.2 Å². The van der Waals surface area contributed by atoms with Gasteiger partial charge in [-0.2, -0.15) is 0 Å². The highest BCUT2D eigenvalue weighted by Crippen LogP contribution is 2.42.